The van der Waals surface area contributed by atoms with Gasteiger partial charge in [-0.2, -0.15) is 0 Å². The number of Topliss-reactive ketones (excluding diaryl/α,β-unsaturated/α-hetero) is 1. The van der Waals surface area contributed by atoms with Crippen molar-refractivity contribution in [2.24, 2.45) is 13.0 Å². The third kappa shape index (κ3) is 4.88. The molecule has 12 heteroatoms. The highest BCUT2D eigenvalue weighted by molar-refractivity contribution is 7.90. The van der Waals surface area contributed by atoms with Gasteiger partial charge in [-0.3, -0.25) is 9.59 Å². The molecule has 39 heavy (non-hydrogen) atoms. The number of rotatable bonds is 8. The summed E-state index contributed by atoms with van der Waals surface area (Å²) in [5, 5.41) is 3.32. The molecule has 3 aromatic rings. The van der Waals surface area contributed by atoms with Crippen LogP contribution in [0.5, 0.6) is 0 Å². The lowest BCUT2D eigenvalue weighted by molar-refractivity contribution is -0.121. The molecule has 9 nitrogen and oxygen atoms in total. The number of sulfone groups is 1. The van der Waals surface area contributed by atoms with E-state index in [1.165, 1.54) is 10.7 Å². The van der Waals surface area contributed by atoms with Gasteiger partial charge in [-0.05, 0) is 61.8 Å². The van der Waals surface area contributed by atoms with Crippen LogP contribution in [0.1, 0.15) is 61.9 Å². The van der Waals surface area contributed by atoms with Crippen LogP contribution in [-0.4, -0.2) is 47.3 Å². The van der Waals surface area contributed by atoms with E-state index in [9.17, 15) is 26.8 Å². The molecule has 1 saturated heterocycles. The molecule has 2 atom stereocenters. The van der Waals surface area contributed by atoms with Gasteiger partial charge in [0.2, 0.25) is 0 Å². The van der Waals surface area contributed by atoms with E-state index in [-0.39, 0.29) is 45.0 Å². The summed E-state index contributed by atoms with van der Waals surface area (Å²) in [5.74, 6) is -4.62. The number of halogens is 2. The molecule has 208 valence electrons. The Morgan fingerprint density at radius 3 is 2.54 bits per heavy atom. The Morgan fingerprint density at radius 1 is 1.18 bits per heavy atom. The highest BCUT2D eigenvalue weighted by atomic mass is 32.2. The molecule has 1 aliphatic heterocycles. The summed E-state index contributed by atoms with van der Waals surface area (Å²) in [6, 6.07) is 6.69. The predicted molar refractivity (Wildman–Crippen MR) is 140 cm³/mol. The number of nitrogens with one attached hydrogen (secondary N) is 1. The molecule has 2 saturated carbocycles. The Labute approximate surface area is 224 Å². The van der Waals surface area contributed by atoms with Crippen molar-refractivity contribution in [2.75, 3.05) is 18.2 Å². The molecule has 1 aromatic carbocycles. The number of ketones is 1. The van der Waals surface area contributed by atoms with Crippen LogP contribution in [0.25, 0.3) is 11.0 Å². The predicted octanol–water partition coefficient (Wildman–Crippen LogP) is 4.23. The number of benzene rings is 1. The van der Waals surface area contributed by atoms with Crippen LogP contribution in [0, 0.1) is 5.92 Å². The number of nitrogens with zero attached hydrogens (tertiary/aromatic N) is 3. The SMILES string of the molecule is Cn1c(=O)c2c(Nc3ccc(C4CC4)cc3S(C)(=O)=O)cc(CC(=O)C3CC3(F)F)nc2n1C1CCCCO1. The van der Waals surface area contributed by atoms with Crippen molar-refractivity contribution in [2.45, 2.75) is 67.9 Å². The van der Waals surface area contributed by atoms with Gasteiger partial charge in [-0.15, -0.1) is 0 Å². The molecular formula is C27H30F2N4O5S. The number of anilines is 2. The fraction of sp³-hybridized carbons (Fsp3) is 0.519. The quantitative estimate of drug-likeness (QED) is 0.439. The zero-order chi connectivity index (χ0) is 27.7. The van der Waals surface area contributed by atoms with Crippen LogP contribution in [-0.2, 0) is 32.8 Å². The number of alkyl halides is 2. The first-order chi connectivity index (χ1) is 18.4. The summed E-state index contributed by atoms with van der Waals surface area (Å²) in [5.41, 5.74) is 1.56. The molecule has 2 aliphatic carbocycles. The molecule has 6 rings (SSSR count). The topological polar surface area (TPSA) is 112 Å². The molecule has 0 amide bonds. The van der Waals surface area contributed by atoms with Crippen LogP contribution >= 0.6 is 0 Å². The number of hydrogen-bond acceptors (Lipinski definition) is 7. The Kier molecular flexibility index (Phi) is 6.18. The van der Waals surface area contributed by atoms with E-state index in [2.05, 4.69) is 10.3 Å². The summed E-state index contributed by atoms with van der Waals surface area (Å²) < 4.78 is 61.6. The number of aromatic nitrogens is 3. The van der Waals surface area contributed by atoms with Crippen molar-refractivity contribution in [1.82, 2.24) is 14.3 Å². The minimum Gasteiger partial charge on any atom is -0.357 e. The summed E-state index contributed by atoms with van der Waals surface area (Å²) in [6.07, 6.45) is 4.30. The molecule has 1 N–H and O–H groups in total. The van der Waals surface area contributed by atoms with Gasteiger partial charge in [0.25, 0.3) is 11.5 Å². The fourth-order valence-electron chi connectivity index (χ4n) is 5.43. The first kappa shape index (κ1) is 26.1. The molecule has 3 aliphatic rings. The van der Waals surface area contributed by atoms with E-state index >= 15 is 0 Å². The normalized spacial score (nSPS) is 22.7. The Balaban J connectivity index is 1.49. The van der Waals surface area contributed by atoms with Gasteiger partial charge in [0.15, 0.2) is 21.7 Å². The highest BCUT2D eigenvalue weighted by Crippen LogP contribution is 2.49. The van der Waals surface area contributed by atoms with Crippen LogP contribution in [0.4, 0.5) is 20.2 Å². The summed E-state index contributed by atoms with van der Waals surface area (Å²) in [6.45, 7) is 0.517. The Morgan fingerprint density at radius 2 is 1.92 bits per heavy atom. The van der Waals surface area contributed by atoms with Crippen molar-refractivity contribution >= 4 is 38.0 Å². The minimum atomic E-state index is -3.63. The van der Waals surface area contributed by atoms with Gasteiger partial charge in [0, 0.05) is 32.8 Å². The van der Waals surface area contributed by atoms with Crippen molar-refractivity contribution < 1.29 is 26.7 Å². The zero-order valence-corrected chi connectivity index (χ0v) is 22.6. The van der Waals surface area contributed by atoms with Crippen molar-refractivity contribution in [3.63, 3.8) is 0 Å². The van der Waals surface area contributed by atoms with Crippen molar-refractivity contribution in [3.8, 4) is 0 Å². The lowest BCUT2D eigenvalue weighted by Crippen LogP contribution is -2.27. The van der Waals surface area contributed by atoms with Crippen molar-refractivity contribution in [1.29, 1.82) is 0 Å². The molecule has 0 radical (unpaired) electrons. The molecule has 2 unspecified atom stereocenters. The summed E-state index contributed by atoms with van der Waals surface area (Å²) in [4.78, 5) is 30.8. The van der Waals surface area contributed by atoms with Gasteiger partial charge in [0.05, 0.1) is 27.9 Å². The van der Waals surface area contributed by atoms with E-state index in [0.29, 0.717) is 18.9 Å². The molecule has 2 aromatic heterocycles. The van der Waals surface area contributed by atoms with Gasteiger partial charge in [-0.1, -0.05) is 6.07 Å². The molecule has 3 heterocycles. The summed E-state index contributed by atoms with van der Waals surface area (Å²) in [7, 11) is -2.04. The molecule has 3 fully saturated rings. The smallest absolute Gasteiger partial charge is 0.278 e. The lowest BCUT2D eigenvalue weighted by Gasteiger charge is -2.25. The largest absolute Gasteiger partial charge is 0.357 e. The first-order valence-corrected chi connectivity index (χ1v) is 15.1. The van der Waals surface area contributed by atoms with Crippen molar-refractivity contribution in [3.05, 3.63) is 45.9 Å². The van der Waals surface area contributed by atoms with Gasteiger partial charge >= 0.3 is 0 Å². The second kappa shape index (κ2) is 9.22. The minimum absolute atomic E-state index is 0.0963. The van der Waals surface area contributed by atoms with Gasteiger partial charge in [0.1, 0.15) is 11.2 Å². The number of carbonyl (C=O) groups is 1. The van der Waals surface area contributed by atoms with E-state index < -0.39 is 40.1 Å². The van der Waals surface area contributed by atoms with E-state index in [1.54, 1.807) is 23.9 Å². The average molecular weight is 561 g/mol. The molecule has 0 spiro atoms. The van der Waals surface area contributed by atoms with E-state index in [0.717, 1.165) is 37.5 Å². The summed E-state index contributed by atoms with van der Waals surface area (Å²) >= 11 is 0. The van der Waals surface area contributed by atoms with Crippen LogP contribution in [0.3, 0.4) is 0 Å². The lowest BCUT2D eigenvalue weighted by atomic mass is 10.1. The van der Waals surface area contributed by atoms with E-state index in [1.807, 2.05) is 6.07 Å². The number of fused-ring (bicyclic) bond motifs is 1. The van der Waals surface area contributed by atoms with Crippen LogP contribution in [0.2, 0.25) is 0 Å². The Bertz CT molecular complexity index is 1650. The maximum absolute atomic E-state index is 13.6. The average Bonchev–Trinajstić information content (AvgIpc) is 3.80. The monoisotopic (exact) mass is 560 g/mol. The third-order valence-electron chi connectivity index (χ3n) is 7.82. The number of ether oxygens (including phenoxy) is 1. The standard InChI is InChI=1S/C27H30F2N4O5S/c1-32-26(35)24-20(31-19-9-8-16(15-6-7-15)11-22(19)39(2,36)37)12-17(13-21(34)18-14-27(18,28)29)30-25(24)33(32)23-5-3-4-10-38-23/h8-9,11-12,15,18,23H,3-7,10,13-14H2,1-2H3,(H,30,31). The second-order valence-corrected chi connectivity index (χ2v) is 12.9. The highest BCUT2D eigenvalue weighted by Gasteiger charge is 2.60. The maximum Gasteiger partial charge on any atom is 0.278 e. The number of pyridine rings is 1. The zero-order valence-electron chi connectivity index (χ0n) is 21.7. The van der Waals surface area contributed by atoms with Gasteiger partial charge in [-0.25, -0.2) is 31.5 Å². The first-order valence-electron chi connectivity index (χ1n) is 13.2. The molecule has 0 bridgehead atoms. The molecular weight excluding hydrogens is 530 g/mol. The van der Waals surface area contributed by atoms with Gasteiger partial charge < -0.3 is 10.1 Å². The second-order valence-electron chi connectivity index (χ2n) is 10.9. The Hall–Kier alpha value is -3.12. The third-order valence-corrected chi connectivity index (χ3v) is 8.96. The van der Waals surface area contributed by atoms with E-state index in [4.69, 9.17) is 4.74 Å². The number of carbonyl (C=O) groups excluding carboxylic acids is 1. The van der Waals surface area contributed by atoms with Crippen LogP contribution < -0.4 is 10.9 Å². The maximum atomic E-state index is 13.6. The van der Waals surface area contributed by atoms with Crippen LogP contribution in [0.15, 0.2) is 34.0 Å². The fourth-order valence-corrected chi connectivity index (χ4v) is 6.29. The number of hydrogen-bond donors (Lipinski definition) is 1.